The Morgan fingerprint density at radius 1 is 0.912 bits per heavy atom. The van der Waals surface area contributed by atoms with Crippen molar-refractivity contribution >= 4 is 41.0 Å². The van der Waals surface area contributed by atoms with Crippen LogP contribution in [0.5, 0.6) is 23.0 Å². The summed E-state index contributed by atoms with van der Waals surface area (Å²) in [6.07, 6.45) is 0. The van der Waals surface area contributed by atoms with E-state index >= 15 is 0 Å². The summed E-state index contributed by atoms with van der Waals surface area (Å²) in [4.78, 5) is 25.6. The summed E-state index contributed by atoms with van der Waals surface area (Å²) in [6.45, 7) is 2.17. The molecule has 2 heterocycles. The lowest BCUT2D eigenvalue weighted by atomic mass is 10.2. The van der Waals surface area contributed by atoms with Crippen molar-refractivity contribution in [3.63, 3.8) is 0 Å². The number of carbonyl (C=O) groups is 1. The van der Waals surface area contributed by atoms with E-state index < -0.39 is 0 Å². The Labute approximate surface area is 204 Å². The third-order valence-electron chi connectivity index (χ3n) is 5.55. The molecule has 182 valence electrons. The first-order valence-corrected chi connectivity index (χ1v) is 10.5. The Balaban J connectivity index is 0.00000324. The van der Waals surface area contributed by atoms with Crippen LogP contribution in [-0.4, -0.2) is 74.9 Å². The first-order chi connectivity index (χ1) is 16.0. The second kappa shape index (κ2) is 11.0. The fourth-order valence-corrected chi connectivity index (χ4v) is 3.73. The third kappa shape index (κ3) is 5.12. The molecule has 0 radical (unpaired) electrons. The van der Waals surface area contributed by atoms with Crippen LogP contribution in [0.4, 0.5) is 11.8 Å². The smallest absolute Gasteiger partial charge is 0.260 e. The average molecular weight is 490 g/mol. The SMILES string of the molecule is COc1cc2nc(N3CCN(C(=O)COc4ccccc4OC)CC3)nc(N)c2cc1OC.Cl. The third-order valence-corrected chi connectivity index (χ3v) is 5.55. The van der Waals surface area contributed by atoms with Gasteiger partial charge in [-0.1, -0.05) is 12.1 Å². The summed E-state index contributed by atoms with van der Waals surface area (Å²) < 4.78 is 21.6. The van der Waals surface area contributed by atoms with Gasteiger partial charge in [-0.2, -0.15) is 4.98 Å². The second-order valence-electron chi connectivity index (χ2n) is 7.44. The lowest BCUT2D eigenvalue weighted by molar-refractivity contribution is -0.133. The van der Waals surface area contributed by atoms with E-state index in [0.29, 0.717) is 71.8 Å². The Morgan fingerprint density at radius 2 is 1.53 bits per heavy atom. The minimum Gasteiger partial charge on any atom is -0.493 e. The van der Waals surface area contributed by atoms with Crippen molar-refractivity contribution in [2.24, 2.45) is 0 Å². The Morgan fingerprint density at radius 3 is 2.18 bits per heavy atom. The topological polar surface area (TPSA) is 112 Å². The maximum Gasteiger partial charge on any atom is 0.260 e. The molecule has 0 aliphatic carbocycles. The fraction of sp³-hybridized carbons (Fsp3) is 0.348. The molecule has 0 unspecified atom stereocenters. The van der Waals surface area contributed by atoms with Gasteiger partial charge in [0.1, 0.15) is 5.82 Å². The maximum absolute atomic E-state index is 12.6. The monoisotopic (exact) mass is 489 g/mol. The number of benzene rings is 2. The van der Waals surface area contributed by atoms with E-state index in [0.717, 1.165) is 0 Å². The van der Waals surface area contributed by atoms with Gasteiger partial charge in [0, 0.05) is 37.6 Å². The number of methoxy groups -OCH3 is 3. The lowest BCUT2D eigenvalue weighted by Crippen LogP contribution is -2.50. The zero-order valence-corrected chi connectivity index (χ0v) is 20.1. The van der Waals surface area contributed by atoms with Gasteiger partial charge in [-0.15, -0.1) is 12.4 Å². The summed E-state index contributed by atoms with van der Waals surface area (Å²) in [5.74, 6) is 3.06. The molecule has 2 aromatic carbocycles. The molecule has 0 atom stereocenters. The molecule has 11 heteroatoms. The number of nitrogens with zero attached hydrogens (tertiary/aromatic N) is 4. The quantitative estimate of drug-likeness (QED) is 0.534. The molecule has 3 aromatic rings. The number of nitrogen functional groups attached to an aromatic ring is 1. The zero-order chi connectivity index (χ0) is 23.4. The van der Waals surface area contributed by atoms with Crippen LogP contribution in [0.15, 0.2) is 36.4 Å². The molecular formula is C23H28ClN5O5. The lowest BCUT2D eigenvalue weighted by Gasteiger charge is -2.34. The highest BCUT2D eigenvalue weighted by molar-refractivity contribution is 5.91. The molecule has 10 nitrogen and oxygen atoms in total. The van der Waals surface area contributed by atoms with E-state index in [2.05, 4.69) is 9.97 Å². The summed E-state index contributed by atoms with van der Waals surface area (Å²) in [6, 6.07) is 10.8. The molecule has 1 amide bonds. The number of carbonyl (C=O) groups excluding carboxylic acids is 1. The van der Waals surface area contributed by atoms with Crippen LogP contribution in [-0.2, 0) is 4.79 Å². The number of anilines is 2. The highest BCUT2D eigenvalue weighted by atomic mass is 35.5. The average Bonchev–Trinajstić information content (AvgIpc) is 2.86. The largest absolute Gasteiger partial charge is 0.493 e. The van der Waals surface area contributed by atoms with Crippen molar-refractivity contribution in [1.82, 2.24) is 14.9 Å². The predicted octanol–water partition coefficient (Wildman–Crippen LogP) is 2.39. The van der Waals surface area contributed by atoms with Crippen LogP contribution in [0, 0.1) is 0 Å². The maximum atomic E-state index is 12.6. The van der Waals surface area contributed by atoms with Crippen molar-refractivity contribution in [3.8, 4) is 23.0 Å². The normalized spacial score (nSPS) is 13.3. The highest BCUT2D eigenvalue weighted by Gasteiger charge is 2.24. The number of halogens is 1. The van der Waals surface area contributed by atoms with Gasteiger partial charge in [-0.05, 0) is 18.2 Å². The van der Waals surface area contributed by atoms with E-state index in [1.54, 1.807) is 50.5 Å². The van der Waals surface area contributed by atoms with Crippen molar-refractivity contribution < 1.29 is 23.7 Å². The van der Waals surface area contributed by atoms with Crippen molar-refractivity contribution in [3.05, 3.63) is 36.4 Å². The highest BCUT2D eigenvalue weighted by Crippen LogP contribution is 2.34. The zero-order valence-electron chi connectivity index (χ0n) is 19.3. The minimum atomic E-state index is -0.0867. The predicted molar refractivity (Wildman–Crippen MR) is 132 cm³/mol. The van der Waals surface area contributed by atoms with Crippen LogP contribution >= 0.6 is 12.4 Å². The number of ether oxygens (including phenoxy) is 4. The van der Waals surface area contributed by atoms with Crippen molar-refractivity contribution in [1.29, 1.82) is 0 Å². The van der Waals surface area contributed by atoms with Gasteiger partial charge in [0.15, 0.2) is 29.6 Å². The van der Waals surface area contributed by atoms with Gasteiger partial charge in [-0.25, -0.2) is 4.98 Å². The van der Waals surface area contributed by atoms with Gasteiger partial charge in [0.05, 0.1) is 26.8 Å². The fourth-order valence-electron chi connectivity index (χ4n) is 3.73. The molecule has 34 heavy (non-hydrogen) atoms. The van der Waals surface area contributed by atoms with Gasteiger partial charge in [0.25, 0.3) is 5.91 Å². The molecule has 1 fully saturated rings. The van der Waals surface area contributed by atoms with E-state index in [9.17, 15) is 4.79 Å². The molecule has 1 saturated heterocycles. The van der Waals surface area contributed by atoms with E-state index in [4.69, 9.17) is 24.7 Å². The first-order valence-electron chi connectivity index (χ1n) is 10.5. The van der Waals surface area contributed by atoms with E-state index in [1.807, 2.05) is 17.0 Å². The molecule has 4 rings (SSSR count). The Hall–Kier alpha value is -3.66. The summed E-state index contributed by atoms with van der Waals surface area (Å²) in [5.41, 5.74) is 6.87. The van der Waals surface area contributed by atoms with Crippen LogP contribution < -0.4 is 29.6 Å². The molecule has 0 saturated carbocycles. The molecule has 2 N–H and O–H groups in total. The van der Waals surface area contributed by atoms with E-state index in [-0.39, 0.29) is 24.9 Å². The molecular weight excluding hydrogens is 462 g/mol. The van der Waals surface area contributed by atoms with Crippen molar-refractivity contribution in [2.75, 3.05) is 64.7 Å². The van der Waals surface area contributed by atoms with Gasteiger partial charge >= 0.3 is 0 Å². The van der Waals surface area contributed by atoms with Gasteiger partial charge in [0.2, 0.25) is 5.95 Å². The van der Waals surface area contributed by atoms with Crippen LogP contribution in [0.25, 0.3) is 10.9 Å². The molecule has 0 bridgehead atoms. The van der Waals surface area contributed by atoms with Gasteiger partial charge < -0.3 is 34.5 Å². The number of hydrogen-bond donors (Lipinski definition) is 1. The number of piperazine rings is 1. The second-order valence-corrected chi connectivity index (χ2v) is 7.44. The van der Waals surface area contributed by atoms with Crippen molar-refractivity contribution in [2.45, 2.75) is 0 Å². The van der Waals surface area contributed by atoms with Gasteiger partial charge in [-0.3, -0.25) is 4.79 Å². The van der Waals surface area contributed by atoms with Crippen LogP contribution in [0.1, 0.15) is 0 Å². The summed E-state index contributed by atoms with van der Waals surface area (Å²) in [7, 11) is 4.71. The van der Waals surface area contributed by atoms with E-state index in [1.165, 1.54) is 0 Å². The molecule has 1 aliphatic heterocycles. The number of para-hydroxylation sites is 2. The summed E-state index contributed by atoms with van der Waals surface area (Å²) in [5, 5.41) is 0.693. The van der Waals surface area contributed by atoms with Crippen LogP contribution in [0.3, 0.4) is 0 Å². The molecule has 0 spiro atoms. The molecule has 1 aromatic heterocycles. The number of nitrogens with two attached hydrogens (primary N) is 1. The summed E-state index contributed by atoms with van der Waals surface area (Å²) >= 11 is 0. The van der Waals surface area contributed by atoms with Crippen LogP contribution in [0.2, 0.25) is 0 Å². The number of fused-ring (bicyclic) bond motifs is 1. The number of rotatable bonds is 7. The minimum absolute atomic E-state index is 0. The Bertz CT molecular complexity index is 1150. The number of aromatic nitrogens is 2. The number of hydrogen-bond acceptors (Lipinski definition) is 9. The molecule has 1 aliphatic rings. The number of amides is 1. The standard InChI is InChI=1S/C23H27N5O5.ClH/c1-30-17-6-4-5-7-18(17)33-14-21(29)27-8-10-28(11-9-27)23-25-16-13-20(32-3)19(31-2)12-15(16)22(24)26-23;/h4-7,12-13H,8-11,14H2,1-3H3,(H2,24,25,26);1H. The Kier molecular flexibility index (Phi) is 8.06. The first kappa shape index (κ1) is 25.0.